The van der Waals surface area contributed by atoms with Crippen LogP contribution in [0.2, 0.25) is 0 Å². The maximum atomic E-state index is 12.3. The first-order valence-electron chi connectivity index (χ1n) is 6.42. The summed E-state index contributed by atoms with van der Waals surface area (Å²) < 4.78 is 23.0. The lowest BCUT2D eigenvalue weighted by atomic mass is 10.0. The van der Waals surface area contributed by atoms with Gasteiger partial charge in [0.15, 0.2) is 15.6 Å². The molecule has 1 saturated heterocycles. The summed E-state index contributed by atoms with van der Waals surface area (Å²) in [6, 6.07) is 8.76. The van der Waals surface area contributed by atoms with Crippen molar-refractivity contribution >= 4 is 15.6 Å². The Balaban J connectivity index is 2.08. The zero-order valence-corrected chi connectivity index (χ0v) is 12.1. The van der Waals surface area contributed by atoms with Gasteiger partial charge in [-0.05, 0) is 20.4 Å². The summed E-state index contributed by atoms with van der Waals surface area (Å²) in [5.74, 6) is 0.428. The molecule has 0 radical (unpaired) electrons. The molecule has 0 saturated carbocycles. The highest BCUT2D eigenvalue weighted by atomic mass is 32.2. The first-order valence-corrected chi connectivity index (χ1v) is 8.24. The normalized spacial score (nSPS) is 23.4. The average molecular weight is 281 g/mol. The number of likely N-dealkylation sites (N-methyl/N-ethyl adjacent to an activating group) is 1. The fourth-order valence-corrected chi connectivity index (χ4v) is 4.23. The van der Waals surface area contributed by atoms with E-state index >= 15 is 0 Å². The summed E-state index contributed by atoms with van der Waals surface area (Å²) in [5, 5.41) is 0. The van der Waals surface area contributed by atoms with Crippen molar-refractivity contribution in [1.82, 2.24) is 4.90 Å². The number of ketones is 1. The second-order valence-electron chi connectivity index (χ2n) is 5.13. The zero-order chi connectivity index (χ0) is 14.0. The van der Waals surface area contributed by atoms with Crippen LogP contribution in [0.15, 0.2) is 30.3 Å². The molecule has 0 N–H and O–H groups in total. The Kier molecular flexibility index (Phi) is 4.06. The van der Waals surface area contributed by atoms with Gasteiger partial charge in [-0.25, -0.2) is 8.42 Å². The van der Waals surface area contributed by atoms with Crippen LogP contribution in [-0.4, -0.2) is 49.7 Å². The Morgan fingerprint density at radius 3 is 2.47 bits per heavy atom. The van der Waals surface area contributed by atoms with Gasteiger partial charge in [0.2, 0.25) is 0 Å². The van der Waals surface area contributed by atoms with E-state index in [-0.39, 0.29) is 29.4 Å². The van der Waals surface area contributed by atoms with Gasteiger partial charge in [-0.2, -0.15) is 0 Å². The second-order valence-corrected chi connectivity index (χ2v) is 7.36. The van der Waals surface area contributed by atoms with Crippen LogP contribution >= 0.6 is 0 Å². The number of carbonyl (C=O) groups excluding carboxylic acids is 1. The van der Waals surface area contributed by atoms with Gasteiger partial charge in [-0.15, -0.1) is 0 Å². The van der Waals surface area contributed by atoms with E-state index in [1.807, 2.05) is 37.1 Å². The van der Waals surface area contributed by atoms with Gasteiger partial charge >= 0.3 is 0 Å². The molecular formula is C14H19NO3S. The van der Waals surface area contributed by atoms with Gasteiger partial charge in [-0.1, -0.05) is 30.3 Å². The fourth-order valence-electron chi connectivity index (χ4n) is 2.44. The number of rotatable bonds is 4. The van der Waals surface area contributed by atoms with Crippen LogP contribution in [0.3, 0.4) is 0 Å². The van der Waals surface area contributed by atoms with Gasteiger partial charge in [0.1, 0.15) is 0 Å². The minimum Gasteiger partial charge on any atom is -0.293 e. The molecule has 5 heteroatoms. The van der Waals surface area contributed by atoms with Gasteiger partial charge in [0.05, 0.1) is 17.5 Å². The third-order valence-corrected chi connectivity index (χ3v) is 5.58. The number of sulfone groups is 1. The van der Waals surface area contributed by atoms with Crippen molar-refractivity contribution in [2.24, 2.45) is 0 Å². The lowest BCUT2D eigenvalue weighted by Gasteiger charge is -2.28. The van der Waals surface area contributed by atoms with Gasteiger partial charge in [0.25, 0.3) is 0 Å². The molecule has 2 unspecified atom stereocenters. The monoisotopic (exact) mass is 281 g/mol. The molecular weight excluding hydrogens is 262 g/mol. The molecule has 1 heterocycles. The minimum absolute atomic E-state index is 0.0346. The Labute approximate surface area is 114 Å². The van der Waals surface area contributed by atoms with Crippen LogP contribution < -0.4 is 0 Å². The van der Waals surface area contributed by atoms with E-state index in [1.54, 1.807) is 12.1 Å². The summed E-state index contributed by atoms with van der Waals surface area (Å²) in [4.78, 5) is 14.2. The molecule has 1 aromatic rings. The number of carbonyl (C=O) groups is 1. The third-order valence-electron chi connectivity index (χ3n) is 3.83. The number of benzene rings is 1. The molecule has 0 amide bonds. The molecule has 1 aliphatic heterocycles. The third kappa shape index (κ3) is 3.22. The van der Waals surface area contributed by atoms with E-state index in [9.17, 15) is 13.2 Å². The minimum atomic E-state index is -2.92. The second kappa shape index (κ2) is 5.43. The quantitative estimate of drug-likeness (QED) is 0.782. The predicted molar refractivity (Wildman–Crippen MR) is 75.1 cm³/mol. The molecule has 0 spiro atoms. The Hall–Kier alpha value is -1.20. The van der Waals surface area contributed by atoms with Crippen LogP contribution in [0.5, 0.6) is 0 Å². The molecule has 0 aromatic heterocycles. The van der Waals surface area contributed by atoms with E-state index in [0.717, 1.165) is 0 Å². The van der Waals surface area contributed by atoms with E-state index in [1.165, 1.54) is 0 Å². The van der Waals surface area contributed by atoms with Crippen molar-refractivity contribution in [3.63, 3.8) is 0 Å². The molecule has 19 heavy (non-hydrogen) atoms. The highest BCUT2D eigenvalue weighted by Crippen LogP contribution is 2.20. The first-order chi connectivity index (χ1) is 8.91. The Morgan fingerprint density at radius 2 is 1.95 bits per heavy atom. The first kappa shape index (κ1) is 14.2. The van der Waals surface area contributed by atoms with Crippen molar-refractivity contribution in [2.75, 3.05) is 18.6 Å². The molecule has 1 aromatic carbocycles. The van der Waals surface area contributed by atoms with Crippen LogP contribution in [0.1, 0.15) is 23.7 Å². The Morgan fingerprint density at radius 1 is 1.32 bits per heavy atom. The maximum Gasteiger partial charge on any atom is 0.179 e. The molecule has 0 aliphatic carbocycles. The van der Waals surface area contributed by atoms with Crippen LogP contribution in [0.25, 0.3) is 0 Å². The molecule has 1 aliphatic rings. The van der Waals surface area contributed by atoms with Crippen LogP contribution in [0, 0.1) is 0 Å². The molecule has 4 nitrogen and oxygen atoms in total. The summed E-state index contributed by atoms with van der Waals surface area (Å²) in [6.45, 7) is 1.83. The predicted octanol–water partition coefficient (Wildman–Crippen LogP) is 1.38. The summed E-state index contributed by atoms with van der Waals surface area (Å²) in [5.41, 5.74) is 0.669. The SMILES string of the molecule is CC(C(=O)c1ccccc1)N(C)C1CCS(=O)(=O)C1. The highest BCUT2D eigenvalue weighted by Gasteiger charge is 2.34. The van der Waals surface area contributed by atoms with Crippen LogP contribution in [0.4, 0.5) is 0 Å². The van der Waals surface area contributed by atoms with Crippen molar-refractivity contribution < 1.29 is 13.2 Å². The molecule has 2 rings (SSSR count). The number of hydrogen-bond acceptors (Lipinski definition) is 4. The molecule has 1 fully saturated rings. The van der Waals surface area contributed by atoms with E-state index in [2.05, 4.69) is 0 Å². The van der Waals surface area contributed by atoms with Gasteiger partial charge in [0, 0.05) is 11.6 Å². The summed E-state index contributed by atoms with van der Waals surface area (Å²) in [7, 11) is -1.09. The van der Waals surface area contributed by atoms with Crippen molar-refractivity contribution in [1.29, 1.82) is 0 Å². The van der Waals surface area contributed by atoms with Crippen LogP contribution in [-0.2, 0) is 9.84 Å². The van der Waals surface area contributed by atoms with E-state index < -0.39 is 9.84 Å². The lowest BCUT2D eigenvalue weighted by molar-refractivity contribution is 0.0830. The highest BCUT2D eigenvalue weighted by molar-refractivity contribution is 7.91. The molecule has 0 bridgehead atoms. The van der Waals surface area contributed by atoms with Crippen molar-refractivity contribution in [2.45, 2.75) is 25.4 Å². The van der Waals surface area contributed by atoms with Crippen molar-refractivity contribution in [3.05, 3.63) is 35.9 Å². The van der Waals surface area contributed by atoms with Gasteiger partial charge in [-0.3, -0.25) is 9.69 Å². The fraction of sp³-hybridized carbons (Fsp3) is 0.500. The molecule has 2 atom stereocenters. The standard InChI is InChI=1S/C14H19NO3S/c1-11(14(16)12-6-4-3-5-7-12)15(2)13-8-9-19(17,18)10-13/h3-7,11,13H,8-10H2,1-2H3. The largest absolute Gasteiger partial charge is 0.293 e. The van der Waals surface area contributed by atoms with Gasteiger partial charge < -0.3 is 0 Å². The molecule has 104 valence electrons. The zero-order valence-electron chi connectivity index (χ0n) is 11.2. The number of hydrogen-bond donors (Lipinski definition) is 0. The maximum absolute atomic E-state index is 12.3. The Bertz CT molecular complexity index is 553. The lowest BCUT2D eigenvalue weighted by Crippen LogP contribution is -2.43. The summed E-state index contributed by atoms with van der Waals surface area (Å²) in [6.07, 6.45) is 0.616. The van der Waals surface area contributed by atoms with Crippen molar-refractivity contribution in [3.8, 4) is 0 Å². The average Bonchev–Trinajstić information content (AvgIpc) is 2.77. The van der Waals surface area contributed by atoms with E-state index in [0.29, 0.717) is 12.0 Å². The summed E-state index contributed by atoms with van der Waals surface area (Å²) >= 11 is 0. The topological polar surface area (TPSA) is 54.5 Å². The number of nitrogens with zero attached hydrogens (tertiary/aromatic N) is 1. The smallest absolute Gasteiger partial charge is 0.179 e. The van der Waals surface area contributed by atoms with E-state index in [4.69, 9.17) is 0 Å². The number of Topliss-reactive ketones (excluding diaryl/α,β-unsaturated/α-hetero) is 1.